The van der Waals surface area contributed by atoms with Gasteiger partial charge in [0, 0.05) is 33.8 Å². The van der Waals surface area contributed by atoms with Crippen molar-refractivity contribution in [3.8, 4) is 5.75 Å². The molecule has 1 fully saturated rings. The van der Waals surface area contributed by atoms with Crippen molar-refractivity contribution in [2.45, 2.75) is 65.3 Å². The minimum Gasteiger partial charge on any atom is -0.508 e. The molecule has 0 unspecified atom stereocenters. The van der Waals surface area contributed by atoms with Crippen molar-refractivity contribution < 1.29 is 57.5 Å². The molecule has 12 heteroatoms. The van der Waals surface area contributed by atoms with E-state index >= 15 is 0 Å². The molecule has 1 aromatic carbocycles. The van der Waals surface area contributed by atoms with E-state index in [9.17, 15) is 29.1 Å². The fourth-order valence-corrected chi connectivity index (χ4v) is 3.51. The molecular weight excluding hydrogens is 504 g/mol. The summed E-state index contributed by atoms with van der Waals surface area (Å²) in [6.07, 6.45) is -2.52. The molecule has 0 aromatic heterocycles. The third-order valence-electron chi connectivity index (χ3n) is 4.88. The van der Waals surface area contributed by atoms with Gasteiger partial charge in [-0.3, -0.25) is 24.0 Å². The average Bonchev–Trinajstić information content (AvgIpc) is 2.80. The highest BCUT2D eigenvalue weighted by Crippen LogP contribution is 2.31. The molecule has 38 heavy (non-hydrogen) atoms. The highest BCUT2D eigenvalue weighted by Gasteiger charge is 2.53. The summed E-state index contributed by atoms with van der Waals surface area (Å²) in [4.78, 5) is 58.1. The van der Waals surface area contributed by atoms with E-state index in [2.05, 4.69) is 0 Å². The van der Waals surface area contributed by atoms with Crippen molar-refractivity contribution in [3.63, 3.8) is 0 Å². The highest BCUT2D eigenvalue weighted by molar-refractivity contribution is 5.88. The summed E-state index contributed by atoms with van der Waals surface area (Å²) in [5.74, 6) is -3.13. The summed E-state index contributed by atoms with van der Waals surface area (Å²) in [7, 11) is 0. The van der Waals surface area contributed by atoms with Crippen LogP contribution in [-0.4, -0.2) is 72.1 Å². The van der Waals surface area contributed by atoms with E-state index in [1.165, 1.54) is 19.9 Å². The first kappa shape index (κ1) is 30.0. The summed E-state index contributed by atoms with van der Waals surface area (Å²) in [5, 5.41) is 9.69. The molecule has 1 aliphatic heterocycles. The maximum atomic E-state index is 11.9. The Morgan fingerprint density at radius 3 is 1.89 bits per heavy atom. The van der Waals surface area contributed by atoms with Crippen LogP contribution in [-0.2, 0) is 47.7 Å². The molecule has 2 rings (SSSR count). The second kappa shape index (κ2) is 13.9. The zero-order chi connectivity index (χ0) is 28.4. The lowest BCUT2D eigenvalue weighted by Gasteiger charge is -2.43. The predicted molar refractivity (Wildman–Crippen MR) is 129 cm³/mol. The van der Waals surface area contributed by atoms with Crippen LogP contribution in [0.1, 0.15) is 40.2 Å². The van der Waals surface area contributed by atoms with Gasteiger partial charge in [-0.25, -0.2) is 0 Å². The predicted octanol–water partition coefficient (Wildman–Crippen LogP) is 2.19. The molecule has 1 aliphatic rings. The summed E-state index contributed by atoms with van der Waals surface area (Å²) < 4.78 is 32.9. The van der Waals surface area contributed by atoms with Crippen molar-refractivity contribution in [1.82, 2.24) is 0 Å². The van der Waals surface area contributed by atoms with Crippen molar-refractivity contribution >= 4 is 35.7 Å². The van der Waals surface area contributed by atoms with E-state index in [-0.39, 0.29) is 23.9 Å². The van der Waals surface area contributed by atoms with E-state index in [1.807, 2.05) is 0 Å². The standard InChI is InChI=1S/C26H30O12/c1-14(27)12-20(32)9-6-19-7-10-21(11-8-19)37-26-25(36-18(5)31)24(35-17(4)30)23(34-16(3)29)22(38-26)13-33-15(2)28/h6-12,22-26,32H,13H2,1-5H3/b9-6+,20-12-/t22-,23-,24+,25-,26-/m1/s1. The summed E-state index contributed by atoms with van der Waals surface area (Å²) in [6, 6.07) is 6.38. The summed E-state index contributed by atoms with van der Waals surface area (Å²) >= 11 is 0. The summed E-state index contributed by atoms with van der Waals surface area (Å²) in [5.41, 5.74) is 0.655. The van der Waals surface area contributed by atoms with Crippen molar-refractivity contribution in [2.75, 3.05) is 6.61 Å². The Labute approximate surface area is 219 Å². The number of hydrogen-bond donors (Lipinski definition) is 1. The minimum atomic E-state index is -1.36. The first-order valence-corrected chi connectivity index (χ1v) is 11.5. The second-order valence-electron chi connectivity index (χ2n) is 8.27. The lowest BCUT2D eigenvalue weighted by molar-refractivity contribution is -0.288. The fraction of sp³-hybridized carbons (Fsp3) is 0.423. The molecule has 0 spiro atoms. The first-order chi connectivity index (χ1) is 17.8. The van der Waals surface area contributed by atoms with E-state index in [0.29, 0.717) is 5.56 Å². The topological polar surface area (TPSA) is 161 Å². The molecule has 0 amide bonds. The molecule has 0 saturated carbocycles. The average molecular weight is 535 g/mol. The summed E-state index contributed by atoms with van der Waals surface area (Å²) in [6.45, 7) is 5.49. The van der Waals surface area contributed by atoms with Crippen LogP contribution in [0.25, 0.3) is 6.08 Å². The Morgan fingerprint density at radius 1 is 0.816 bits per heavy atom. The van der Waals surface area contributed by atoms with Crippen molar-refractivity contribution in [1.29, 1.82) is 0 Å². The van der Waals surface area contributed by atoms with Crippen LogP contribution in [0.2, 0.25) is 0 Å². The number of esters is 4. The van der Waals surface area contributed by atoms with Gasteiger partial charge in [-0.1, -0.05) is 18.2 Å². The van der Waals surface area contributed by atoms with Crippen LogP contribution in [0, 0.1) is 0 Å². The normalized spacial score (nSPS) is 23.3. The zero-order valence-electron chi connectivity index (χ0n) is 21.6. The molecule has 5 atom stereocenters. The van der Waals surface area contributed by atoms with Crippen LogP contribution >= 0.6 is 0 Å². The first-order valence-electron chi connectivity index (χ1n) is 11.5. The highest BCUT2D eigenvalue weighted by atomic mass is 16.7. The lowest BCUT2D eigenvalue weighted by atomic mass is 9.98. The van der Waals surface area contributed by atoms with Gasteiger partial charge >= 0.3 is 23.9 Å². The van der Waals surface area contributed by atoms with Gasteiger partial charge in [0.1, 0.15) is 24.2 Å². The van der Waals surface area contributed by atoms with Crippen LogP contribution in [0.15, 0.2) is 42.2 Å². The maximum absolute atomic E-state index is 11.9. The van der Waals surface area contributed by atoms with Gasteiger partial charge in [-0.15, -0.1) is 0 Å². The van der Waals surface area contributed by atoms with Crippen LogP contribution in [0.4, 0.5) is 0 Å². The van der Waals surface area contributed by atoms with Gasteiger partial charge in [0.15, 0.2) is 18.0 Å². The molecular formula is C26H30O12. The smallest absolute Gasteiger partial charge is 0.303 e. The van der Waals surface area contributed by atoms with E-state index in [0.717, 1.165) is 26.8 Å². The SMILES string of the molecule is CC(=O)/C=C(O)/C=C/c1ccc(O[C@@H]2O[C@H](COC(C)=O)[C@@H](OC(C)=O)[C@H](OC(C)=O)[C@H]2OC(C)=O)cc1. The largest absolute Gasteiger partial charge is 0.508 e. The van der Waals surface area contributed by atoms with Crippen molar-refractivity contribution in [2.24, 2.45) is 0 Å². The van der Waals surface area contributed by atoms with Crippen LogP contribution < -0.4 is 4.74 Å². The second-order valence-corrected chi connectivity index (χ2v) is 8.27. The number of ether oxygens (including phenoxy) is 6. The molecule has 12 nitrogen and oxygen atoms in total. The van der Waals surface area contributed by atoms with Gasteiger partial charge < -0.3 is 33.5 Å². The molecule has 1 aromatic rings. The van der Waals surface area contributed by atoms with Gasteiger partial charge in [0.2, 0.25) is 12.4 Å². The van der Waals surface area contributed by atoms with Gasteiger partial charge in [-0.05, 0) is 30.7 Å². The van der Waals surface area contributed by atoms with E-state index in [4.69, 9.17) is 28.4 Å². The Kier molecular flexibility index (Phi) is 11.0. The number of ketones is 1. The molecule has 1 saturated heterocycles. The fourth-order valence-electron chi connectivity index (χ4n) is 3.51. The molecule has 0 radical (unpaired) electrons. The number of hydrogen-bond acceptors (Lipinski definition) is 12. The Morgan fingerprint density at radius 2 is 1.37 bits per heavy atom. The Bertz CT molecular complexity index is 1090. The lowest BCUT2D eigenvalue weighted by Crippen LogP contribution is -2.63. The molecule has 1 heterocycles. The monoisotopic (exact) mass is 534 g/mol. The number of carbonyl (C=O) groups is 5. The van der Waals surface area contributed by atoms with Gasteiger partial charge in [0.05, 0.1) is 0 Å². The Balaban J connectivity index is 2.37. The number of allylic oxidation sites excluding steroid dienone is 2. The molecule has 0 bridgehead atoms. The number of aliphatic hydroxyl groups is 1. The van der Waals surface area contributed by atoms with Crippen LogP contribution in [0.3, 0.4) is 0 Å². The molecule has 206 valence electrons. The third kappa shape index (κ3) is 9.69. The number of rotatable bonds is 10. The zero-order valence-corrected chi connectivity index (χ0v) is 21.6. The quantitative estimate of drug-likeness (QED) is 0.153. The van der Waals surface area contributed by atoms with Gasteiger partial charge in [0.25, 0.3) is 0 Å². The van der Waals surface area contributed by atoms with E-state index in [1.54, 1.807) is 30.3 Å². The minimum absolute atomic E-state index is 0.213. The number of benzene rings is 1. The number of carbonyl (C=O) groups excluding carboxylic acids is 5. The van der Waals surface area contributed by atoms with Crippen LogP contribution in [0.5, 0.6) is 5.75 Å². The third-order valence-corrected chi connectivity index (χ3v) is 4.88. The molecule has 0 aliphatic carbocycles. The number of aliphatic hydroxyl groups excluding tert-OH is 1. The maximum Gasteiger partial charge on any atom is 0.303 e. The molecule has 1 N–H and O–H groups in total. The van der Waals surface area contributed by atoms with Crippen molar-refractivity contribution in [3.05, 3.63) is 47.7 Å². The van der Waals surface area contributed by atoms with E-state index < -0.39 is 54.6 Å². The Hall–Kier alpha value is -4.19. The van der Waals surface area contributed by atoms with Gasteiger partial charge in [-0.2, -0.15) is 0 Å².